The van der Waals surface area contributed by atoms with Gasteiger partial charge in [0, 0.05) is 26.3 Å². The summed E-state index contributed by atoms with van der Waals surface area (Å²) in [5.41, 5.74) is 1.67. The minimum atomic E-state index is -1.20. The van der Waals surface area contributed by atoms with E-state index in [0.717, 1.165) is 11.1 Å². The van der Waals surface area contributed by atoms with E-state index in [0.29, 0.717) is 41.8 Å². The van der Waals surface area contributed by atoms with E-state index in [4.69, 9.17) is 72.2 Å². The van der Waals surface area contributed by atoms with Gasteiger partial charge in [0.1, 0.15) is 34.9 Å². The summed E-state index contributed by atoms with van der Waals surface area (Å²) in [7, 11) is 0. The molecule has 1 N–H and O–H groups in total. The number of ether oxygens (including phenoxy) is 3. The average Bonchev–Trinajstić information content (AvgIpc) is 3.34. The summed E-state index contributed by atoms with van der Waals surface area (Å²) < 4.78 is 20.5. The number of aliphatic hydroxyl groups is 1. The van der Waals surface area contributed by atoms with Crippen LogP contribution in [0.5, 0.6) is 0 Å². The number of aliphatic hydroxyl groups excluding tert-OH is 1. The van der Waals surface area contributed by atoms with Gasteiger partial charge in [0.15, 0.2) is 6.23 Å². The predicted molar refractivity (Wildman–Crippen MR) is 153 cm³/mol. The van der Waals surface area contributed by atoms with E-state index in [1.54, 1.807) is 47.9 Å². The molecule has 4 atom stereocenters. The molecule has 0 aliphatic carbocycles. The molecular weight excluding hydrogens is 608 g/mol. The number of fused-ring (bicyclic) bond motifs is 1. The summed E-state index contributed by atoms with van der Waals surface area (Å²) in [5.74, 6) is 0. The van der Waals surface area contributed by atoms with Crippen molar-refractivity contribution in [2.24, 2.45) is 0 Å². The van der Waals surface area contributed by atoms with Crippen molar-refractivity contribution < 1.29 is 19.3 Å². The van der Waals surface area contributed by atoms with Crippen molar-refractivity contribution in [1.82, 2.24) is 14.5 Å². The van der Waals surface area contributed by atoms with Gasteiger partial charge in [0.05, 0.1) is 25.2 Å². The van der Waals surface area contributed by atoms with Gasteiger partial charge in [-0.25, -0.2) is 9.97 Å². The number of benzene rings is 2. The smallest absolute Gasteiger partial charge is 0.164 e. The molecule has 39 heavy (non-hydrogen) atoms. The SMILES string of the molecule is Cc1cn([C@@H]2O[C@H](COCc3ccc(Cl)cc3Cl)[C@@](C)(OCc3ccc(Cl)cc3Cl)[C@H]2O)c2ncnc(Cl)c12. The lowest BCUT2D eigenvalue weighted by molar-refractivity contribution is -0.140. The molecule has 0 unspecified atom stereocenters. The highest BCUT2D eigenvalue weighted by molar-refractivity contribution is 6.35. The summed E-state index contributed by atoms with van der Waals surface area (Å²) in [4.78, 5) is 8.48. The number of halogens is 5. The molecule has 7 nitrogen and oxygen atoms in total. The van der Waals surface area contributed by atoms with Gasteiger partial charge in [-0.1, -0.05) is 70.1 Å². The van der Waals surface area contributed by atoms with E-state index in [2.05, 4.69) is 9.97 Å². The lowest BCUT2D eigenvalue weighted by Gasteiger charge is -2.33. The van der Waals surface area contributed by atoms with Crippen molar-refractivity contribution in [3.05, 3.63) is 90.9 Å². The Morgan fingerprint density at radius 1 is 0.974 bits per heavy atom. The van der Waals surface area contributed by atoms with Gasteiger partial charge >= 0.3 is 0 Å². The normalized spacial score (nSPS) is 23.1. The van der Waals surface area contributed by atoms with Crippen molar-refractivity contribution in [1.29, 1.82) is 0 Å². The first-order valence-electron chi connectivity index (χ1n) is 12.0. The fourth-order valence-corrected chi connectivity index (χ4v) is 5.86. The second kappa shape index (κ2) is 11.7. The van der Waals surface area contributed by atoms with Crippen LogP contribution in [0.2, 0.25) is 25.2 Å². The van der Waals surface area contributed by atoms with Gasteiger partial charge in [-0.15, -0.1) is 0 Å². The van der Waals surface area contributed by atoms with Gasteiger partial charge in [0.25, 0.3) is 0 Å². The molecule has 0 amide bonds. The Labute approximate surface area is 250 Å². The van der Waals surface area contributed by atoms with Crippen LogP contribution >= 0.6 is 58.0 Å². The van der Waals surface area contributed by atoms with Crippen LogP contribution in [0.3, 0.4) is 0 Å². The number of hydrogen-bond acceptors (Lipinski definition) is 6. The molecule has 0 radical (unpaired) electrons. The van der Waals surface area contributed by atoms with Crippen molar-refractivity contribution in [2.45, 2.75) is 51.1 Å². The van der Waals surface area contributed by atoms with Crippen molar-refractivity contribution >= 4 is 69.0 Å². The number of rotatable bonds is 8. The number of aryl methyl sites for hydroxylation is 1. The van der Waals surface area contributed by atoms with E-state index < -0.39 is 24.0 Å². The van der Waals surface area contributed by atoms with Gasteiger partial charge in [-0.2, -0.15) is 0 Å². The van der Waals surface area contributed by atoms with Gasteiger partial charge < -0.3 is 23.9 Å². The second-order valence-electron chi connectivity index (χ2n) is 9.50. The van der Waals surface area contributed by atoms with E-state index >= 15 is 0 Å². The third-order valence-corrected chi connectivity index (χ3v) is 8.38. The Morgan fingerprint density at radius 3 is 2.26 bits per heavy atom. The maximum Gasteiger partial charge on any atom is 0.164 e. The highest BCUT2D eigenvalue weighted by Gasteiger charge is 2.55. The molecule has 1 aliphatic rings. The third-order valence-electron chi connectivity index (χ3n) is 6.92. The monoisotopic (exact) mass is 629 g/mol. The van der Waals surface area contributed by atoms with Crippen LogP contribution in [-0.4, -0.2) is 44.1 Å². The van der Waals surface area contributed by atoms with Crippen molar-refractivity contribution in [3.63, 3.8) is 0 Å². The fraction of sp³-hybridized carbons (Fsp3) is 0.333. The van der Waals surface area contributed by atoms with Crippen LogP contribution in [0.1, 0.15) is 29.8 Å². The molecule has 2 aromatic carbocycles. The second-order valence-corrected chi connectivity index (χ2v) is 11.5. The van der Waals surface area contributed by atoms with E-state index in [1.165, 1.54) is 6.33 Å². The van der Waals surface area contributed by atoms with E-state index in [-0.39, 0.29) is 19.8 Å². The highest BCUT2D eigenvalue weighted by atomic mass is 35.5. The minimum absolute atomic E-state index is 0.102. The summed E-state index contributed by atoms with van der Waals surface area (Å²) in [6, 6.07) is 10.4. The molecule has 2 aromatic heterocycles. The maximum atomic E-state index is 11.7. The summed E-state index contributed by atoms with van der Waals surface area (Å²) >= 11 is 31.1. The van der Waals surface area contributed by atoms with E-state index in [1.807, 2.05) is 13.1 Å². The van der Waals surface area contributed by atoms with Crippen LogP contribution in [-0.2, 0) is 27.4 Å². The van der Waals surface area contributed by atoms with Crippen LogP contribution < -0.4 is 0 Å². The maximum absolute atomic E-state index is 11.7. The Hall–Kier alpha value is -1.65. The Balaban J connectivity index is 1.43. The lowest BCUT2D eigenvalue weighted by Crippen LogP contribution is -2.49. The molecule has 5 rings (SSSR count). The number of nitrogens with zero attached hydrogens (tertiary/aromatic N) is 3. The number of hydrogen-bond donors (Lipinski definition) is 1. The molecule has 12 heteroatoms. The molecule has 206 valence electrons. The van der Waals surface area contributed by atoms with Crippen LogP contribution in [0.4, 0.5) is 0 Å². The summed E-state index contributed by atoms with van der Waals surface area (Å²) in [6.45, 7) is 4.10. The molecular formula is C27H24Cl5N3O4. The molecule has 1 saturated heterocycles. The third kappa shape index (κ3) is 5.75. The molecule has 0 saturated carbocycles. The van der Waals surface area contributed by atoms with Crippen LogP contribution in [0.25, 0.3) is 11.0 Å². The molecule has 3 heterocycles. The first-order valence-corrected chi connectivity index (χ1v) is 13.9. The molecule has 0 spiro atoms. The van der Waals surface area contributed by atoms with Gasteiger partial charge in [0.2, 0.25) is 0 Å². The minimum Gasteiger partial charge on any atom is -0.385 e. The topological polar surface area (TPSA) is 78.6 Å². The standard InChI is InChI=1S/C27H24Cl5N3O4/c1-14-9-35(25-22(14)24(32)33-13-34-25)26-23(36)27(2,38-11-16-4-6-18(29)8-20(16)31)21(39-26)12-37-10-15-3-5-17(28)7-19(15)30/h3-9,13,21,23,26,36H,10-12H2,1-2H3/t21-,23+,26-,27-/m1/s1. The Kier molecular flexibility index (Phi) is 8.65. The van der Waals surface area contributed by atoms with E-state index in [9.17, 15) is 5.11 Å². The van der Waals surface area contributed by atoms with Crippen LogP contribution in [0.15, 0.2) is 48.9 Å². The lowest BCUT2D eigenvalue weighted by atomic mass is 9.94. The number of aromatic nitrogens is 3. The Bertz CT molecular complexity index is 1520. The zero-order valence-corrected chi connectivity index (χ0v) is 24.7. The molecule has 0 bridgehead atoms. The highest BCUT2D eigenvalue weighted by Crippen LogP contribution is 2.43. The zero-order valence-electron chi connectivity index (χ0n) is 20.9. The largest absolute Gasteiger partial charge is 0.385 e. The van der Waals surface area contributed by atoms with Crippen LogP contribution in [0, 0.1) is 6.92 Å². The van der Waals surface area contributed by atoms with Crippen molar-refractivity contribution in [3.8, 4) is 0 Å². The Morgan fingerprint density at radius 2 is 1.62 bits per heavy atom. The fourth-order valence-electron chi connectivity index (χ4n) is 4.66. The zero-order chi connectivity index (χ0) is 27.9. The van der Waals surface area contributed by atoms with Crippen molar-refractivity contribution in [2.75, 3.05) is 6.61 Å². The molecule has 1 aliphatic heterocycles. The van der Waals surface area contributed by atoms with Gasteiger partial charge in [-0.05, 0) is 54.8 Å². The molecule has 4 aromatic rings. The first-order chi connectivity index (χ1) is 18.6. The predicted octanol–water partition coefficient (Wildman–Crippen LogP) is 7.46. The van der Waals surface area contributed by atoms with Gasteiger partial charge in [-0.3, -0.25) is 0 Å². The first kappa shape index (κ1) is 28.9. The molecule has 1 fully saturated rings. The average molecular weight is 632 g/mol. The quantitative estimate of drug-likeness (QED) is 0.204. The summed E-state index contributed by atoms with van der Waals surface area (Å²) in [6.07, 6.45) is 0.568. The summed E-state index contributed by atoms with van der Waals surface area (Å²) in [5, 5.41) is 14.7.